The van der Waals surface area contributed by atoms with E-state index in [0.717, 1.165) is 51.0 Å². The number of ketones is 1. The van der Waals surface area contributed by atoms with Crippen LogP contribution in [-0.2, 0) is 13.0 Å². The highest BCUT2D eigenvalue weighted by molar-refractivity contribution is 5.98. The van der Waals surface area contributed by atoms with E-state index in [4.69, 9.17) is 0 Å². The van der Waals surface area contributed by atoms with Crippen molar-refractivity contribution in [2.24, 2.45) is 5.92 Å². The summed E-state index contributed by atoms with van der Waals surface area (Å²) in [5.74, 6) is 1.73. The Kier molecular flexibility index (Phi) is 5.64. The molecule has 2 heterocycles. The smallest absolute Gasteiger partial charge is 0.163 e. The molecule has 0 amide bonds. The van der Waals surface area contributed by atoms with Gasteiger partial charge in [-0.05, 0) is 86.4 Å². The average Bonchev–Trinajstić information content (AvgIpc) is 3.11. The zero-order valence-corrected chi connectivity index (χ0v) is 18.3. The fraction of sp³-hybridized carbons (Fsp3) is 0.519. The first-order valence-corrected chi connectivity index (χ1v) is 11.9. The first kappa shape index (κ1) is 19.8. The van der Waals surface area contributed by atoms with Gasteiger partial charge in [0.05, 0.1) is 0 Å². The molecular weight excluding hydrogens is 368 g/mol. The Bertz CT molecular complexity index is 899. The number of carbonyl (C=O) groups is 1. The van der Waals surface area contributed by atoms with Crippen LogP contribution >= 0.6 is 0 Å². The second-order valence-corrected chi connectivity index (χ2v) is 9.66. The molecule has 3 aliphatic rings. The molecule has 0 saturated carbocycles. The largest absolute Gasteiger partial charge is 0.374 e. The first-order chi connectivity index (χ1) is 14.7. The van der Waals surface area contributed by atoms with Gasteiger partial charge < -0.3 is 4.90 Å². The van der Waals surface area contributed by atoms with Crippen LogP contribution < -0.4 is 4.90 Å². The maximum atomic E-state index is 13.2. The predicted octanol–water partition coefficient (Wildman–Crippen LogP) is 5.43. The summed E-state index contributed by atoms with van der Waals surface area (Å²) < 4.78 is 0. The normalized spacial score (nSPS) is 21.6. The van der Waals surface area contributed by atoms with Crippen LogP contribution in [0.1, 0.15) is 71.5 Å². The van der Waals surface area contributed by atoms with Gasteiger partial charge in [0.2, 0.25) is 0 Å². The highest BCUT2D eigenvalue weighted by Crippen LogP contribution is 2.45. The Labute approximate surface area is 181 Å². The van der Waals surface area contributed by atoms with E-state index < -0.39 is 0 Å². The molecule has 0 N–H and O–H groups in total. The molecule has 3 nitrogen and oxygen atoms in total. The van der Waals surface area contributed by atoms with E-state index in [-0.39, 0.29) is 0 Å². The van der Waals surface area contributed by atoms with E-state index >= 15 is 0 Å². The van der Waals surface area contributed by atoms with Crippen LogP contribution in [-0.4, -0.2) is 37.4 Å². The Morgan fingerprint density at radius 3 is 2.63 bits per heavy atom. The van der Waals surface area contributed by atoms with E-state index in [0.29, 0.717) is 17.6 Å². The van der Waals surface area contributed by atoms with Crippen molar-refractivity contribution in [3.63, 3.8) is 0 Å². The Morgan fingerprint density at radius 2 is 1.83 bits per heavy atom. The van der Waals surface area contributed by atoms with E-state index in [1.165, 1.54) is 48.1 Å². The minimum atomic E-state index is 0.384. The molecule has 1 saturated heterocycles. The summed E-state index contributed by atoms with van der Waals surface area (Å²) in [4.78, 5) is 18.1. The number of Topliss-reactive ketones (excluding diaryl/α,β-unsaturated/α-hetero) is 1. The number of piperidine rings is 1. The van der Waals surface area contributed by atoms with Crippen molar-refractivity contribution in [3.05, 3.63) is 64.7 Å². The van der Waals surface area contributed by atoms with Crippen LogP contribution in [0.3, 0.4) is 0 Å². The maximum absolute atomic E-state index is 13.2. The van der Waals surface area contributed by atoms with Gasteiger partial charge in [0.15, 0.2) is 5.78 Å². The van der Waals surface area contributed by atoms with Crippen LogP contribution in [0.15, 0.2) is 42.5 Å². The second-order valence-electron chi connectivity index (χ2n) is 9.66. The molecule has 30 heavy (non-hydrogen) atoms. The Hall–Kier alpha value is -2.13. The molecule has 2 aromatic rings. The molecule has 5 rings (SSSR count). The molecular formula is C27H34N2O. The zero-order valence-electron chi connectivity index (χ0n) is 18.3. The van der Waals surface area contributed by atoms with Crippen LogP contribution in [0.4, 0.5) is 5.69 Å². The minimum absolute atomic E-state index is 0.384. The van der Waals surface area contributed by atoms with Crippen LogP contribution in [0.2, 0.25) is 0 Å². The summed E-state index contributed by atoms with van der Waals surface area (Å²) in [7, 11) is 2.19. The van der Waals surface area contributed by atoms with Gasteiger partial charge in [-0.15, -0.1) is 0 Å². The van der Waals surface area contributed by atoms with Crippen LogP contribution in [0, 0.1) is 5.92 Å². The maximum Gasteiger partial charge on any atom is 0.163 e. The predicted molar refractivity (Wildman–Crippen MR) is 123 cm³/mol. The lowest BCUT2D eigenvalue weighted by molar-refractivity contribution is 0.0960. The third kappa shape index (κ3) is 3.92. The fourth-order valence-corrected chi connectivity index (χ4v) is 6.00. The zero-order chi connectivity index (χ0) is 20.5. The molecule has 158 valence electrons. The van der Waals surface area contributed by atoms with Crippen molar-refractivity contribution in [1.29, 1.82) is 0 Å². The second kappa shape index (κ2) is 8.55. The van der Waals surface area contributed by atoms with Crippen molar-refractivity contribution < 1.29 is 4.79 Å². The van der Waals surface area contributed by atoms with Gasteiger partial charge in [-0.2, -0.15) is 0 Å². The van der Waals surface area contributed by atoms with Crippen molar-refractivity contribution in [3.8, 4) is 0 Å². The first-order valence-electron chi connectivity index (χ1n) is 11.9. The van der Waals surface area contributed by atoms with Crippen LogP contribution in [0.5, 0.6) is 0 Å². The molecule has 1 fully saturated rings. The molecule has 2 aromatic carbocycles. The molecule has 0 aromatic heterocycles. The van der Waals surface area contributed by atoms with Crippen molar-refractivity contribution in [1.82, 2.24) is 4.90 Å². The Morgan fingerprint density at radius 1 is 1.03 bits per heavy atom. The van der Waals surface area contributed by atoms with E-state index in [9.17, 15) is 4.79 Å². The van der Waals surface area contributed by atoms with Gasteiger partial charge in [0, 0.05) is 43.7 Å². The lowest BCUT2D eigenvalue weighted by Crippen LogP contribution is -2.33. The molecule has 1 aliphatic carbocycles. The summed E-state index contributed by atoms with van der Waals surface area (Å²) in [6.45, 7) is 4.50. The molecule has 1 unspecified atom stereocenters. The number of rotatable bonds is 6. The molecule has 0 radical (unpaired) electrons. The molecule has 2 aliphatic heterocycles. The number of nitrogens with zero attached hydrogens (tertiary/aromatic N) is 2. The lowest BCUT2D eigenvalue weighted by atomic mass is 9.80. The van der Waals surface area contributed by atoms with Gasteiger partial charge >= 0.3 is 0 Å². The number of hydrogen-bond donors (Lipinski definition) is 0. The Balaban J connectivity index is 1.17. The SMILES string of the molecule is CN1CC2CCCc3c(C(=O)CCC4CCN(Cc5ccccc5)CC4)ccc1c32. The third-order valence-corrected chi connectivity index (χ3v) is 7.66. The third-order valence-electron chi connectivity index (χ3n) is 7.66. The van der Waals surface area contributed by atoms with E-state index in [1.807, 2.05) is 0 Å². The quantitative estimate of drug-likeness (QED) is 0.602. The molecule has 3 heteroatoms. The number of hydrogen-bond acceptors (Lipinski definition) is 3. The summed E-state index contributed by atoms with van der Waals surface area (Å²) in [5, 5.41) is 0. The van der Waals surface area contributed by atoms with Gasteiger partial charge in [-0.1, -0.05) is 30.3 Å². The lowest BCUT2D eigenvalue weighted by Gasteiger charge is -2.32. The standard InChI is InChI=1S/C27H34N2O/c1-28-19-22-8-5-9-24-23(11-12-25(28)27(22)24)26(30)13-10-20-14-16-29(17-15-20)18-21-6-3-2-4-7-21/h2-4,6-7,11-12,20,22H,5,8-10,13-19H2,1H3. The number of benzene rings is 2. The van der Waals surface area contributed by atoms with Gasteiger partial charge in [0.1, 0.15) is 0 Å². The summed E-state index contributed by atoms with van der Waals surface area (Å²) in [6.07, 6.45) is 7.83. The highest BCUT2D eigenvalue weighted by atomic mass is 16.1. The van der Waals surface area contributed by atoms with Gasteiger partial charge in [-0.3, -0.25) is 9.69 Å². The molecule has 1 atom stereocenters. The minimum Gasteiger partial charge on any atom is -0.374 e. The summed E-state index contributed by atoms with van der Waals surface area (Å²) >= 11 is 0. The number of carbonyl (C=O) groups excluding carboxylic acids is 1. The van der Waals surface area contributed by atoms with Gasteiger partial charge in [-0.25, -0.2) is 0 Å². The van der Waals surface area contributed by atoms with Crippen LogP contribution in [0.25, 0.3) is 0 Å². The van der Waals surface area contributed by atoms with Crippen molar-refractivity contribution in [2.45, 2.75) is 57.4 Å². The number of likely N-dealkylation sites (N-methyl/N-ethyl adjacent to an activating group) is 1. The van der Waals surface area contributed by atoms with Gasteiger partial charge in [0.25, 0.3) is 0 Å². The average molecular weight is 403 g/mol. The molecule has 0 bridgehead atoms. The van der Waals surface area contributed by atoms with Crippen molar-refractivity contribution >= 4 is 11.5 Å². The molecule has 0 spiro atoms. The number of likely N-dealkylation sites (tertiary alicyclic amines) is 1. The fourth-order valence-electron chi connectivity index (χ4n) is 6.00. The van der Waals surface area contributed by atoms with E-state index in [2.05, 4.69) is 59.3 Å². The number of anilines is 1. The highest BCUT2D eigenvalue weighted by Gasteiger charge is 2.33. The summed E-state index contributed by atoms with van der Waals surface area (Å²) in [5.41, 5.74) is 6.70. The monoisotopic (exact) mass is 402 g/mol. The van der Waals surface area contributed by atoms with Crippen molar-refractivity contribution in [2.75, 3.05) is 31.6 Å². The summed E-state index contributed by atoms with van der Waals surface area (Å²) in [6, 6.07) is 15.1. The van der Waals surface area contributed by atoms with E-state index in [1.54, 1.807) is 0 Å². The topological polar surface area (TPSA) is 23.6 Å².